The second-order valence-electron chi connectivity index (χ2n) is 17.3. The average molecular weight is 1030 g/mol. The Kier molecular flexibility index (Phi) is 24.2. The van der Waals surface area contributed by atoms with Crippen LogP contribution in [0.25, 0.3) is 0 Å². The highest BCUT2D eigenvalue weighted by atomic mass is 16.5. The van der Waals surface area contributed by atoms with Crippen LogP contribution in [-0.4, -0.2) is 77.6 Å². The monoisotopic (exact) mass is 1030 g/mol. The quantitative estimate of drug-likeness (QED) is 0.0315. The van der Waals surface area contributed by atoms with Crippen molar-refractivity contribution in [2.24, 2.45) is 0 Å². The summed E-state index contributed by atoms with van der Waals surface area (Å²) in [4.78, 5) is 121. The summed E-state index contributed by atoms with van der Waals surface area (Å²) in [6.45, 7) is 0.729. The van der Waals surface area contributed by atoms with Gasteiger partial charge in [0.1, 0.15) is 57.2 Å². The fraction of sp³-hybridized carbons (Fsp3) is 0.316. The van der Waals surface area contributed by atoms with Gasteiger partial charge >= 0.3 is 29.8 Å². The summed E-state index contributed by atoms with van der Waals surface area (Å²) in [5, 5.41) is 10.2. The summed E-state index contributed by atoms with van der Waals surface area (Å²) in [6.07, 6.45) is -2.80. The van der Waals surface area contributed by atoms with Crippen LogP contribution in [0, 0.1) is 0 Å². The molecule has 0 aliphatic heterocycles. The van der Waals surface area contributed by atoms with Gasteiger partial charge in [-0.3, -0.25) is 38.4 Å². The molecule has 0 heterocycles. The maximum atomic E-state index is 14.5. The number of carbonyl (C=O) groups is 9. The number of amides is 4. The number of ether oxygens (including phenoxy) is 5. The lowest BCUT2D eigenvalue weighted by Gasteiger charge is -2.26. The van der Waals surface area contributed by atoms with Crippen molar-refractivity contribution in [3.05, 3.63) is 179 Å². The summed E-state index contributed by atoms with van der Waals surface area (Å²) in [5.74, 6) is -7.26. The number of hydrogen-bond acceptors (Lipinski definition) is 14. The second-order valence-corrected chi connectivity index (χ2v) is 17.3. The van der Waals surface area contributed by atoms with Crippen LogP contribution in [0.15, 0.2) is 152 Å². The van der Waals surface area contributed by atoms with Crippen LogP contribution in [0.3, 0.4) is 0 Å². The highest BCUT2D eigenvalue weighted by Crippen LogP contribution is 2.13. The van der Waals surface area contributed by atoms with Gasteiger partial charge in [0, 0.05) is 32.6 Å². The molecule has 18 nitrogen and oxygen atoms in total. The van der Waals surface area contributed by atoms with E-state index in [0.29, 0.717) is 16.7 Å². The first-order valence-corrected chi connectivity index (χ1v) is 24.5. The minimum Gasteiger partial charge on any atom is -0.461 e. The lowest BCUT2D eigenvalue weighted by molar-refractivity contribution is -0.151. The molecule has 0 saturated heterocycles. The first-order valence-electron chi connectivity index (χ1n) is 24.5. The van der Waals surface area contributed by atoms with Crippen LogP contribution in [0.2, 0.25) is 0 Å². The largest absolute Gasteiger partial charge is 0.461 e. The van der Waals surface area contributed by atoms with Gasteiger partial charge in [-0.1, -0.05) is 152 Å². The molecule has 5 aromatic carbocycles. The van der Waals surface area contributed by atoms with E-state index in [-0.39, 0.29) is 65.1 Å². The van der Waals surface area contributed by atoms with Crippen molar-refractivity contribution in [1.29, 1.82) is 0 Å². The van der Waals surface area contributed by atoms with Crippen molar-refractivity contribution in [3.63, 3.8) is 0 Å². The van der Waals surface area contributed by atoms with E-state index >= 15 is 0 Å². The van der Waals surface area contributed by atoms with Crippen molar-refractivity contribution >= 4 is 53.5 Å². The molecule has 0 aliphatic carbocycles. The summed E-state index contributed by atoms with van der Waals surface area (Å²) in [6, 6.07) is 38.1. The molecule has 4 atom stereocenters. The lowest BCUT2D eigenvalue weighted by Crippen LogP contribution is -2.58. The fourth-order valence-corrected chi connectivity index (χ4v) is 7.24. The van der Waals surface area contributed by atoms with Crippen LogP contribution < -0.4 is 21.3 Å². The van der Waals surface area contributed by atoms with Crippen LogP contribution in [0.1, 0.15) is 86.1 Å². The van der Waals surface area contributed by atoms with Crippen molar-refractivity contribution in [2.45, 2.75) is 115 Å². The van der Waals surface area contributed by atoms with Gasteiger partial charge in [0.2, 0.25) is 23.6 Å². The molecule has 0 radical (unpaired) electrons. The number of rotatable bonds is 30. The molecule has 394 valence electrons. The topological polar surface area (TPSA) is 248 Å². The van der Waals surface area contributed by atoms with Crippen LogP contribution >= 0.6 is 0 Å². The molecule has 4 amide bonds. The third-order valence-corrected chi connectivity index (χ3v) is 11.3. The number of nitrogens with one attached hydrogen (secondary N) is 4. The number of benzene rings is 5. The van der Waals surface area contributed by atoms with Crippen molar-refractivity contribution in [3.8, 4) is 0 Å². The van der Waals surface area contributed by atoms with Gasteiger partial charge in [0.25, 0.3) is 0 Å². The third kappa shape index (κ3) is 22.3. The molecule has 0 unspecified atom stereocenters. The normalized spacial score (nSPS) is 12.2. The molecule has 5 aromatic rings. The zero-order valence-electron chi connectivity index (χ0n) is 41.7. The average Bonchev–Trinajstić information content (AvgIpc) is 3.43. The Hall–Kier alpha value is -8.67. The maximum Gasteiger partial charge on any atom is 0.328 e. The molecular weight excluding hydrogens is 965 g/mol. The molecule has 0 aliphatic rings. The standard InChI is InChI=1S/C57H62N4O14/c1-40(62)58-46(27-31-50(63)71-35-41-17-7-2-8-18-41)54(67)59-47(28-32-51(64)72-36-42-19-9-3-10-20-42)55(68)60-48(29-33-52(65)73-37-43-21-11-4-12-22-43)56(69)61-49(57(70)75-39-45-25-15-6-16-26-45)30-34-53(66)74-38-44-23-13-5-14-24-44/h2-26,46-49H,27-39H2,1H3,(H,58,62)(H,59,67)(H,60,68)(H,61,69)/t46-,47-,48-,49-/m0/s1. The molecule has 0 spiro atoms. The van der Waals surface area contributed by atoms with E-state index in [1.165, 1.54) is 0 Å². The number of hydrogen-bond donors (Lipinski definition) is 4. The number of carbonyl (C=O) groups excluding carboxylic acids is 9. The predicted octanol–water partition coefficient (Wildman–Crippen LogP) is 5.78. The first kappa shape index (κ1) is 57.2. The van der Waals surface area contributed by atoms with Crippen molar-refractivity contribution in [2.75, 3.05) is 0 Å². The molecule has 0 bridgehead atoms. The highest BCUT2D eigenvalue weighted by Gasteiger charge is 2.33. The summed E-state index contributed by atoms with van der Waals surface area (Å²) in [5.41, 5.74) is 3.47. The first-order chi connectivity index (χ1) is 36.3. The molecule has 5 rings (SSSR count). The SMILES string of the molecule is CC(=O)N[C@@H](CCC(=O)OCc1ccccc1)C(=O)N[C@@H](CCC(=O)OCc1ccccc1)C(=O)N[C@@H](CCC(=O)OCc1ccccc1)C(=O)N[C@@H](CCC(=O)OCc1ccccc1)C(=O)OCc1ccccc1. The van der Waals surface area contributed by atoms with Crippen LogP contribution in [-0.2, 0) is 99.9 Å². The van der Waals surface area contributed by atoms with E-state index in [2.05, 4.69) is 21.3 Å². The summed E-state index contributed by atoms with van der Waals surface area (Å²) in [7, 11) is 0. The Balaban J connectivity index is 1.36. The Bertz CT molecular complexity index is 2620. The molecule has 0 fully saturated rings. The smallest absolute Gasteiger partial charge is 0.328 e. The molecule has 0 aromatic heterocycles. The van der Waals surface area contributed by atoms with Gasteiger partial charge in [0.15, 0.2) is 0 Å². The van der Waals surface area contributed by atoms with Crippen molar-refractivity contribution < 1.29 is 66.8 Å². The minimum absolute atomic E-state index is 0.0320. The Morgan fingerprint density at radius 3 is 0.813 bits per heavy atom. The molecular formula is C57H62N4O14. The Labute approximate surface area is 435 Å². The zero-order valence-corrected chi connectivity index (χ0v) is 41.7. The van der Waals surface area contributed by atoms with Gasteiger partial charge in [-0.05, 0) is 53.5 Å². The molecule has 0 saturated carbocycles. The summed E-state index contributed by atoms with van der Waals surface area (Å²) >= 11 is 0. The van der Waals surface area contributed by atoms with E-state index in [1.807, 2.05) is 12.1 Å². The van der Waals surface area contributed by atoms with Crippen LogP contribution in [0.4, 0.5) is 0 Å². The van der Waals surface area contributed by atoms with Gasteiger partial charge in [-0.15, -0.1) is 0 Å². The second kappa shape index (κ2) is 31.7. The predicted molar refractivity (Wildman–Crippen MR) is 272 cm³/mol. The van der Waals surface area contributed by atoms with E-state index < -0.39 is 96.9 Å². The van der Waals surface area contributed by atoms with E-state index in [0.717, 1.165) is 18.1 Å². The fourth-order valence-electron chi connectivity index (χ4n) is 7.24. The van der Waals surface area contributed by atoms with E-state index in [1.54, 1.807) is 140 Å². The van der Waals surface area contributed by atoms with Gasteiger partial charge < -0.3 is 45.0 Å². The zero-order chi connectivity index (χ0) is 53.6. The lowest BCUT2D eigenvalue weighted by atomic mass is 10.0. The molecule has 18 heteroatoms. The Morgan fingerprint density at radius 2 is 0.547 bits per heavy atom. The number of esters is 5. The van der Waals surface area contributed by atoms with Gasteiger partial charge in [0.05, 0.1) is 0 Å². The van der Waals surface area contributed by atoms with Crippen LogP contribution in [0.5, 0.6) is 0 Å². The highest BCUT2D eigenvalue weighted by molar-refractivity contribution is 5.95. The van der Waals surface area contributed by atoms with E-state index in [9.17, 15) is 43.2 Å². The van der Waals surface area contributed by atoms with Gasteiger partial charge in [-0.2, -0.15) is 0 Å². The Morgan fingerprint density at radius 1 is 0.320 bits per heavy atom. The molecule has 4 N–H and O–H groups in total. The van der Waals surface area contributed by atoms with E-state index in [4.69, 9.17) is 23.7 Å². The maximum absolute atomic E-state index is 14.5. The molecule has 75 heavy (non-hydrogen) atoms. The van der Waals surface area contributed by atoms with Crippen molar-refractivity contribution in [1.82, 2.24) is 21.3 Å². The summed E-state index contributed by atoms with van der Waals surface area (Å²) < 4.78 is 27.2. The third-order valence-electron chi connectivity index (χ3n) is 11.3. The van der Waals surface area contributed by atoms with Gasteiger partial charge in [-0.25, -0.2) is 4.79 Å². The minimum atomic E-state index is -1.61.